The summed E-state index contributed by atoms with van der Waals surface area (Å²) in [5.74, 6) is 1.70. The maximum atomic E-state index is 9.10. The normalized spacial score (nSPS) is 13.6. The first-order valence-electron chi connectivity index (χ1n) is 28.4. The number of rotatable bonds is 9. The van der Waals surface area contributed by atoms with E-state index in [2.05, 4.69) is 90.8 Å². The molecule has 0 bridgehead atoms. The van der Waals surface area contributed by atoms with E-state index < -0.39 is 60.4 Å². The third-order valence-corrected chi connectivity index (χ3v) is 12.9. The molecule has 0 N–H and O–H groups in total. The molecule has 0 unspecified atom stereocenters. The molecule has 0 spiro atoms. The van der Waals surface area contributed by atoms with Gasteiger partial charge in [-0.15, -0.1) is 29.4 Å². The number of aromatic nitrogens is 6. The maximum Gasteiger partial charge on any atom is 0.272 e. The fraction of sp³-hybridized carbons (Fsp3) is 0.0615. The number of fused-ring (bicyclic) bond motifs is 6. The molecular formula is C65H46N6OPt-2. The zero-order valence-electron chi connectivity index (χ0n) is 49.5. The standard InChI is InChI=1S/C65H46N6O.Pt/c1-65(2,3)47-37-38-66-61(39-47)71-58-36-18-15-31-55(58)62-59(70-56-34-16-13-29-53(56)54-30-14-17-35-57(54)70)41-50(42-60(62)71)72-49-28-19-27-48(40-49)68-43-69(67-64(68)46-25-11-6-12-26-46)63-51(44-21-7-4-8-22-44)32-20-33-52(63)45-23-9-5-10-24-45;/h4-39,41H,1-3H3;/q-2;/i4D,5D,7D,8D,9D,10D,21D,22D,23D,24D;. The van der Waals surface area contributed by atoms with Gasteiger partial charge in [0.15, 0.2) is 5.82 Å². The van der Waals surface area contributed by atoms with Gasteiger partial charge in [0.2, 0.25) is 0 Å². The maximum absolute atomic E-state index is 9.10. The molecule has 0 aliphatic rings. The van der Waals surface area contributed by atoms with Crippen molar-refractivity contribution in [3.63, 3.8) is 0 Å². The van der Waals surface area contributed by atoms with Crippen molar-refractivity contribution in [3.05, 3.63) is 248 Å². The van der Waals surface area contributed by atoms with Crippen LogP contribution in [0.2, 0.25) is 0 Å². The number of para-hydroxylation sites is 4. The number of hydrogen-bond acceptors (Lipinski definition) is 3. The van der Waals surface area contributed by atoms with Crippen LogP contribution in [-0.2, 0) is 26.5 Å². The summed E-state index contributed by atoms with van der Waals surface area (Å²) in [7, 11) is 0. The van der Waals surface area contributed by atoms with Crippen molar-refractivity contribution in [2.45, 2.75) is 26.2 Å². The van der Waals surface area contributed by atoms with Crippen LogP contribution in [-0.4, -0.2) is 23.8 Å². The van der Waals surface area contributed by atoms with Crippen molar-refractivity contribution >= 4 is 43.6 Å². The average Bonchev–Trinajstić information content (AvgIpc) is 2.62. The predicted molar refractivity (Wildman–Crippen MR) is 290 cm³/mol. The fourth-order valence-corrected chi connectivity index (χ4v) is 9.66. The number of pyridine rings is 1. The molecule has 13 aromatic rings. The SMILES string of the molecule is [2H]c1c([2H])c([2H])c(-c2cccc(-c3c([2H])c([2H])c([2H])c([2H])c3[2H])c2-[n+]2[c-]n(-c3[c-]c(Oc4[c-]c5c(c(-n6c7ccccc7c7ccccc76)c4)c4ccccc4n5-c4cc(C(C)(C)C)ccn4)ccc3)c(-c3ccccc3)n2)c([2H])c1[2H].[Pt]. The van der Waals surface area contributed by atoms with Gasteiger partial charge < -0.3 is 18.4 Å². The molecule has 0 fully saturated rings. The molecule has 4 aromatic heterocycles. The number of benzene rings is 9. The van der Waals surface area contributed by atoms with E-state index in [9.17, 15) is 0 Å². The molecule has 0 aliphatic carbocycles. The predicted octanol–water partition coefficient (Wildman–Crippen LogP) is 15.2. The molecular weight excluding hydrogens is 1080 g/mol. The molecule has 0 saturated carbocycles. The second kappa shape index (κ2) is 18.5. The Labute approximate surface area is 452 Å². The van der Waals surface area contributed by atoms with Crippen LogP contribution in [0.4, 0.5) is 0 Å². The summed E-state index contributed by atoms with van der Waals surface area (Å²) in [5.41, 5.74) is 6.24. The second-order valence-electron chi connectivity index (χ2n) is 18.4. The Morgan fingerprint density at radius 2 is 1.15 bits per heavy atom. The van der Waals surface area contributed by atoms with E-state index in [0.717, 1.165) is 54.9 Å². The molecule has 4 heterocycles. The van der Waals surface area contributed by atoms with Crippen LogP contribution in [0.5, 0.6) is 11.5 Å². The molecule has 13 rings (SSSR count). The minimum atomic E-state index is -0.597. The van der Waals surface area contributed by atoms with E-state index in [1.807, 2.05) is 85.1 Å². The monoisotopic (exact) mass is 1130 g/mol. The summed E-state index contributed by atoms with van der Waals surface area (Å²) in [4.78, 5) is 4.98. The average molecular weight is 1130 g/mol. The molecule has 9 aromatic carbocycles. The molecule has 0 atom stereocenters. The molecule has 0 aliphatic heterocycles. The van der Waals surface area contributed by atoms with Gasteiger partial charge >= 0.3 is 0 Å². The van der Waals surface area contributed by atoms with E-state index in [0.29, 0.717) is 34.4 Å². The van der Waals surface area contributed by atoms with Crippen molar-refractivity contribution in [3.8, 4) is 68.0 Å². The number of nitrogens with zero attached hydrogens (tertiary/aromatic N) is 6. The Morgan fingerprint density at radius 1 is 0.562 bits per heavy atom. The zero-order chi connectivity index (χ0) is 57.0. The van der Waals surface area contributed by atoms with Gasteiger partial charge in [-0.05, 0) is 74.6 Å². The largest absolute Gasteiger partial charge is 0.510 e. The topological polar surface area (TPSA) is 53.7 Å². The van der Waals surface area contributed by atoms with E-state index in [4.69, 9.17) is 28.5 Å². The Bertz CT molecular complexity index is 4600. The van der Waals surface area contributed by atoms with Gasteiger partial charge in [-0.25, -0.2) is 4.98 Å². The zero-order valence-corrected chi connectivity index (χ0v) is 41.8. The van der Waals surface area contributed by atoms with E-state index >= 15 is 0 Å². The smallest absolute Gasteiger partial charge is 0.272 e. The quantitative estimate of drug-likeness (QED) is 0.107. The van der Waals surface area contributed by atoms with Gasteiger partial charge in [-0.2, -0.15) is 16.8 Å². The summed E-state index contributed by atoms with van der Waals surface area (Å²) < 4.78 is 102. The van der Waals surface area contributed by atoms with Gasteiger partial charge in [0.05, 0.1) is 30.4 Å². The van der Waals surface area contributed by atoms with E-state index in [1.165, 1.54) is 4.68 Å². The Hall–Kier alpha value is -8.64. The van der Waals surface area contributed by atoms with E-state index in [1.54, 1.807) is 41.0 Å². The second-order valence-corrected chi connectivity index (χ2v) is 18.4. The summed E-state index contributed by atoms with van der Waals surface area (Å²) in [6.07, 6.45) is 5.18. The van der Waals surface area contributed by atoms with Gasteiger partial charge in [-0.1, -0.05) is 201 Å². The summed E-state index contributed by atoms with van der Waals surface area (Å²) >= 11 is 0. The van der Waals surface area contributed by atoms with Crippen LogP contribution in [0.3, 0.4) is 0 Å². The first-order chi connectivity index (χ1) is 39.5. The fourth-order valence-electron chi connectivity index (χ4n) is 9.66. The van der Waals surface area contributed by atoms with Crippen LogP contribution in [0.15, 0.2) is 224 Å². The molecule has 73 heavy (non-hydrogen) atoms. The van der Waals surface area contributed by atoms with Gasteiger partial charge in [0.1, 0.15) is 5.82 Å². The Morgan fingerprint density at radius 3 is 1.79 bits per heavy atom. The molecule has 7 nitrogen and oxygen atoms in total. The van der Waals surface area contributed by atoms with Crippen molar-refractivity contribution in [1.29, 1.82) is 0 Å². The Balaban J connectivity index is 0.00000680. The van der Waals surface area contributed by atoms with Gasteiger partial charge in [0, 0.05) is 60.6 Å². The van der Waals surface area contributed by atoms with Crippen molar-refractivity contribution in [2.75, 3.05) is 0 Å². The van der Waals surface area contributed by atoms with E-state index in [-0.39, 0.29) is 54.4 Å². The minimum Gasteiger partial charge on any atom is -0.510 e. The summed E-state index contributed by atoms with van der Waals surface area (Å²) in [5, 5.41) is 9.21. The van der Waals surface area contributed by atoms with Gasteiger partial charge in [0.25, 0.3) is 6.33 Å². The minimum absolute atomic E-state index is 0. The number of hydrogen-bond donors (Lipinski definition) is 0. The summed E-state index contributed by atoms with van der Waals surface area (Å²) in [6, 6.07) is 51.9. The van der Waals surface area contributed by atoms with Crippen LogP contribution in [0, 0.1) is 18.5 Å². The molecule has 0 amide bonds. The Kier molecular flexibility index (Phi) is 8.99. The van der Waals surface area contributed by atoms with Crippen LogP contribution in [0.1, 0.15) is 40.0 Å². The van der Waals surface area contributed by atoms with Crippen LogP contribution in [0.25, 0.3) is 100 Å². The third kappa shape index (κ3) is 8.03. The molecule has 8 heteroatoms. The van der Waals surface area contributed by atoms with Crippen molar-refractivity contribution in [1.82, 2.24) is 23.8 Å². The molecule has 0 radical (unpaired) electrons. The molecule has 354 valence electrons. The van der Waals surface area contributed by atoms with Crippen molar-refractivity contribution in [2.24, 2.45) is 0 Å². The van der Waals surface area contributed by atoms with Crippen LogP contribution >= 0.6 is 0 Å². The first-order valence-corrected chi connectivity index (χ1v) is 23.4. The first kappa shape index (κ1) is 35.5. The van der Waals surface area contributed by atoms with Gasteiger partial charge in [-0.3, -0.25) is 0 Å². The van der Waals surface area contributed by atoms with Crippen molar-refractivity contribution < 1.29 is 44.2 Å². The number of ether oxygens (including phenoxy) is 1. The third-order valence-electron chi connectivity index (χ3n) is 12.9. The summed E-state index contributed by atoms with van der Waals surface area (Å²) in [6.45, 7) is 6.53. The molecule has 0 saturated heterocycles. The van der Waals surface area contributed by atoms with Crippen LogP contribution < -0.4 is 9.42 Å².